The number of esters is 1. The van der Waals surface area contributed by atoms with Crippen LogP contribution in [-0.4, -0.2) is 47.6 Å². The number of piperidine rings is 1. The van der Waals surface area contributed by atoms with E-state index in [2.05, 4.69) is 40.6 Å². The van der Waals surface area contributed by atoms with E-state index < -0.39 is 6.10 Å². The highest BCUT2D eigenvalue weighted by Crippen LogP contribution is 2.35. The number of ether oxygens (including phenoxy) is 1. The number of aromatic nitrogens is 2. The third kappa shape index (κ3) is 4.16. The second kappa shape index (κ2) is 8.68. The van der Waals surface area contributed by atoms with Crippen molar-refractivity contribution in [1.29, 1.82) is 0 Å². The van der Waals surface area contributed by atoms with Crippen molar-refractivity contribution in [2.75, 3.05) is 24.5 Å². The number of rotatable bonds is 6. The molecular formula is C20H26N4O3S. The minimum atomic E-state index is -0.802. The van der Waals surface area contributed by atoms with E-state index in [9.17, 15) is 9.59 Å². The summed E-state index contributed by atoms with van der Waals surface area (Å²) in [5.41, 5.74) is 1.22. The van der Waals surface area contributed by atoms with E-state index in [1.165, 1.54) is 10.4 Å². The van der Waals surface area contributed by atoms with Crippen molar-refractivity contribution in [3.05, 3.63) is 29.4 Å². The summed E-state index contributed by atoms with van der Waals surface area (Å²) < 4.78 is 5.35. The second-order valence-corrected chi connectivity index (χ2v) is 8.24. The lowest BCUT2D eigenvalue weighted by Gasteiger charge is -2.32. The molecule has 0 aliphatic carbocycles. The van der Waals surface area contributed by atoms with Crippen LogP contribution in [0, 0.1) is 19.8 Å². The molecule has 1 atom stereocenters. The average molecular weight is 403 g/mol. The second-order valence-electron chi connectivity index (χ2n) is 7.03. The van der Waals surface area contributed by atoms with E-state index in [1.54, 1.807) is 30.7 Å². The molecule has 0 spiro atoms. The monoisotopic (exact) mass is 402 g/mol. The Balaban J connectivity index is 1.61. The van der Waals surface area contributed by atoms with Crippen molar-refractivity contribution in [3.8, 4) is 0 Å². The van der Waals surface area contributed by atoms with Crippen LogP contribution in [0.4, 0.5) is 5.82 Å². The molecule has 3 rings (SSSR count). The number of carbonyl (C=O) groups excluding carboxylic acids is 2. The van der Waals surface area contributed by atoms with Crippen molar-refractivity contribution >= 4 is 39.2 Å². The van der Waals surface area contributed by atoms with Crippen LogP contribution in [0.3, 0.4) is 0 Å². The molecule has 2 aromatic rings. The highest BCUT2D eigenvalue weighted by molar-refractivity contribution is 7.18. The quantitative estimate of drug-likeness (QED) is 0.591. The lowest BCUT2D eigenvalue weighted by molar-refractivity contribution is -0.159. The molecule has 150 valence electrons. The van der Waals surface area contributed by atoms with Crippen LogP contribution in [0.5, 0.6) is 0 Å². The zero-order valence-corrected chi connectivity index (χ0v) is 17.3. The number of anilines is 1. The first kappa shape index (κ1) is 20.3. The maximum Gasteiger partial charge on any atom is 0.309 e. The molecule has 8 heteroatoms. The van der Waals surface area contributed by atoms with E-state index in [4.69, 9.17) is 4.74 Å². The maximum absolute atomic E-state index is 12.4. The van der Waals surface area contributed by atoms with E-state index in [1.807, 2.05) is 0 Å². The predicted octanol–water partition coefficient (Wildman–Crippen LogP) is 2.76. The van der Waals surface area contributed by atoms with Gasteiger partial charge in [-0.25, -0.2) is 9.97 Å². The molecule has 1 N–H and O–H groups in total. The number of aryl methyl sites for hydroxylation is 2. The molecule has 1 fully saturated rings. The fourth-order valence-electron chi connectivity index (χ4n) is 3.37. The first-order valence-corrected chi connectivity index (χ1v) is 10.3. The van der Waals surface area contributed by atoms with Gasteiger partial charge in [-0.3, -0.25) is 9.59 Å². The number of fused-ring (bicyclic) bond motifs is 1. The van der Waals surface area contributed by atoms with Crippen LogP contribution in [-0.2, 0) is 14.3 Å². The van der Waals surface area contributed by atoms with Gasteiger partial charge in [0.1, 0.15) is 17.0 Å². The molecule has 0 radical (unpaired) electrons. The minimum Gasteiger partial charge on any atom is -0.452 e. The Morgan fingerprint density at radius 2 is 2.11 bits per heavy atom. The molecule has 28 heavy (non-hydrogen) atoms. The zero-order chi connectivity index (χ0) is 20.3. The Labute approximate surface area is 168 Å². The molecule has 7 nitrogen and oxygen atoms in total. The number of hydrogen-bond acceptors (Lipinski definition) is 7. The van der Waals surface area contributed by atoms with E-state index in [0.29, 0.717) is 19.4 Å². The highest BCUT2D eigenvalue weighted by atomic mass is 32.1. The Morgan fingerprint density at radius 3 is 2.79 bits per heavy atom. The summed E-state index contributed by atoms with van der Waals surface area (Å²) in [6.07, 6.45) is 3.74. The van der Waals surface area contributed by atoms with Crippen molar-refractivity contribution < 1.29 is 14.3 Å². The average Bonchev–Trinajstić information content (AvgIpc) is 3.00. The van der Waals surface area contributed by atoms with Gasteiger partial charge in [0.25, 0.3) is 5.91 Å². The first-order valence-electron chi connectivity index (χ1n) is 9.47. The van der Waals surface area contributed by atoms with E-state index in [-0.39, 0.29) is 17.8 Å². The molecule has 0 saturated carbocycles. The van der Waals surface area contributed by atoms with Crippen molar-refractivity contribution in [2.24, 2.45) is 5.92 Å². The summed E-state index contributed by atoms with van der Waals surface area (Å²) in [5, 5.41) is 3.75. The number of hydrogen-bond donors (Lipinski definition) is 1. The molecule has 1 saturated heterocycles. The molecular weight excluding hydrogens is 376 g/mol. The largest absolute Gasteiger partial charge is 0.452 e. The lowest BCUT2D eigenvalue weighted by atomic mass is 9.96. The minimum absolute atomic E-state index is 0.200. The molecule has 1 aliphatic rings. The molecule has 0 aromatic carbocycles. The van der Waals surface area contributed by atoms with Crippen LogP contribution >= 0.6 is 11.3 Å². The maximum atomic E-state index is 12.4. The molecule has 3 heterocycles. The van der Waals surface area contributed by atoms with Gasteiger partial charge in [-0.2, -0.15) is 0 Å². The van der Waals surface area contributed by atoms with Gasteiger partial charge >= 0.3 is 5.97 Å². The van der Waals surface area contributed by atoms with Gasteiger partial charge in [-0.05, 0) is 39.2 Å². The molecule has 1 amide bonds. The van der Waals surface area contributed by atoms with E-state index in [0.717, 1.165) is 29.1 Å². The fraction of sp³-hybridized carbons (Fsp3) is 0.500. The standard InChI is InChI=1S/C20H26N4O3S/c1-5-8-21-18(25)13(3)27-20(26)15-6-9-24(10-7-15)17-16-12(2)14(4)28-19(16)23-11-22-17/h5,11,13,15H,1,6-10H2,2-4H3,(H,21,25)/t13-/m1/s1. The number of thiophene rings is 1. The van der Waals surface area contributed by atoms with Crippen molar-refractivity contribution in [3.63, 3.8) is 0 Å². The number of nitrogens with zero attached hydrogens (tertiary/aromatic N) is 3. The van der Waals surface area contributed by atoms with Gasteiger partial charge in [0, 0.05) is 24.5 Å². The number of amides is 1. The summed E-state index contributed by atoms with van der Waals surface area (Å²) in [7, 11) is 0. The summed E-state index contributed by atoms with van der Waals surface area (Å²) >= 11 is 1.68. The fourth-order valence-corrected chi connectivity index (χ4v) is 4.36. The lowest BCUT2D eigenvalue weighted by Crippen LogP contribution is -2.41. The Bertz CT molecular complexity index is 887. The van der Waals surface area contributed by atoms with Gasteiger partial charge in [0.15, 0.2) is 6.10 Å². The third-order valence-corrected chi connectivity index (χ3v) is 6.27. The number of carbonyl (C=O) groups is 2. The normalized spacial score (nSPS) is 16.0. The summed E-state index contributed by atoms with van der Waals surface area (Å²) in [5.74, 6) is 0.123. The Morgan fingerprint density at radius 1 is 1.39 bits per heavy atom. The van der Waals surface area contributed by atoms with Crippen LogP contribution in [0.15, 0.2) is 19.0 Å². The SMILES string of the molecule is C=CCNC(=O)[C@@H](C)OC(=O)C1CCN(c2ncnc3sc(C)c(C)c23)CC1. The molecule has 0 bridgehead atoms. The van der Waals surface area contributed by atoms with Gasteiger partial charge in [0.2, 0.25) is 0 Å². The highest BCUT2D eigenvalue weighted by Gasteiger charge is 2.30. The summed E-state index contributed by atoms with van der Waals surface area (Å²) in [6, 6.07) is 0. The van der Waals surface area contributed by atoms with Gasteiger partial charge in [-0.1, -0.05) is 6.08 Å². The molecule has 1 aliphatic heterocycles. The van der Waals surface area contributed by atoms with E-state index >= 15 is 0 Å². The van der Waals surface area contributed by atoms with Gasteiger partial charge in [0.05, 0.1) is 11.3 Å². The Hall–Kier alpha value is -2.48. The first-order chi connectivity index (χ1) is 13.4. The smallest absolute Gasteiger partial charge is 0.309 e. The van der Waals surface area contributed by atoms with Crippen molar-refractivity contribution in [2.45, 2.75) is 39.7 Å². The molecule has 0 unspecified atom stereocenters. The van der Waals surface area contributed by atoms with Crippen molar-refractivity contribution in [1.82, 2.24) is 15.3 Å². The predicted molar refractivity (Wildman–Crippen MR) is 111 cm³/mol. The van der Waals surface area contributed by atoms with Crippen LogP contribution < -0.4 is 10.2 Å². The number of nitrogens with one attached hydrogen (secondary N) is 1. The van der Waals surface area contributed by atoms with Gasteiger partial charge < -0.3 is 15.0 Å². The zero-order valence-electron chi connectivity index (χ0n) is 16.5. The summed E-state index contributed by atoms with van der Waals surface area (Å²) in [4.78, 5) is 37.7. The topological polar surface area (TPSA) is 84.4 Å². The van der Waals surface area contributed by atoms with Crippen LogP contribution in [0.2, 0.25) is 0 Å². The Kier molecular flexibility index (Phi) is 6.28. The van der Waals surface area contributed by atoms with Crippen LogP contribution in [0.1, 0.15) is 30.2 Å². The van der Waals surface area contributed by atoms with Gasteiger partial charge in [-0.15, -0.1) is 17.9 Å². The molecule has 2 aromatic heterocycles. The third-order valence-electron chi connectivity index (χ3n) is 5.16. The van der Waals surface area contributed by atoms with Crippen LogP contribution in [0.25, 0.3) is 10.2 Å². The summed E-state index contributed by atoms with van der Waals surface area (Å²) in [6.45, 7) is 11.1.